The molecule has 1 amide bonds. The van der Waals surface area contributed by atoms with Crippen LogP contribution in [0.5, 0.6) is 0 Å². The Morgan fingerprint density at radius 1 is 1.04 bits per heavy atom. The number of fused-ring (bicyclic) bond motifs is 1. The highest BCUT2D eigenvalue weighted by molar-refractivity contribution is 9.10. The van der Waals surface area contributed by atoms with Crippen molar-refractivity contribution >= 4 is 44.5 Å². The lowest BCUT2D eigenvalue weighted by atomic mass is 10.1. The summed E-state index contributed by atoms with van der Waals surface area (Å²) in [7, 11) is 0. The molecule has 0 aromatic heterocycles. The summed E-state index contributed by atoms with van der Waals surface area (Å²) in [6, 6.07) is 21.3. The molecule has 2 N–H and O–H groups in total. The van der Waals surface area contributed by atoms with Gasteiger partial charge in [0.1, 0.15) is 6.04 Å². The molecule has 0 bridgehead atoms. The Morgan fingerprint density at radius 2 is 1.76 bits per heavy atom. The fraction of sp³-hybridized carbons (Fsp3) is 0.100. The van der Waals surface area contributed by atoms with E-state index in [-0.39, 0.29) is 5.91 Å². The molecule has 0 saturated heterocycles. The molecular weight excluding hydrogens is 378 g/mol. The average molecular weight is 396 g/mol. The third kappa shape index (κ3) is 4.45. The molecular formula is C20H18BrN3O. The number of carbonyl (C=O) groups excluding carboxylic acids is 1. The van der Waals surface area contributed by atoms with Crippen molar-refractivity contribution in [3.63, 3.8) is 0 Å². The van der Waals surface area contributed by atoms with E-state index in [1.807, 2.05) is 73.7 Å². The van der Waals surface area contributed by atoms with Crippen molar-refractivity contribution in [3.8, 4) is 0 Å². The average Bonchev–Trinajstić information content (AvgIpc) is 2.63. The molecule has 0 aliphatic carbocycles. The number of nitrogens with one attached hydrogen (secondary N) is 2. The number of anilines is 1. The van der Waals surface area contributed by atoms with E-state index < -0.39 is 6.04 Å². The summed E-state index contributed by atoms with van der Waals surface area (Å²) < 4.78 is 1.00. The fourth-order valence-electron chi connectivity index (χ4n) is 2.47. The maximum atomic E-state index is 12.2. The van der Waals surface area contributed by atoms with Gasteiger partial charge in [-0.05, 0) is 36.1 Å². The smallest absolute Gasteiger partial charge is 0.262 e. The topological polar surface area (TPSA) is 53.5 Å². The second kappa shape index (κ2) is 7.94. The second-order valence-electron chi connectivity index (χ2n) is 5.68. The van der Waals surface area contributed by atoms with Gasteiger partial charge in [-0.15, -0.1) is 0 Å². The minimum Gasteiger partial charge on any atom is -0.373 e. The molecule has 3 aromatic carbocycles. The zero-order valence-corrected chi connectivity index (χ0v) is 15.3. The predicted molar refractivity (Wildman–Crippen MR) is 107 cm³/mol. The summed E-state index contributed by atoms with van der Waals surface area (Å²) in [5, 5.41) is 9.48. The van der Waals surface area contributed by atoms with Crippen LogP contribution < -0.4 is 10.7 Å². The van der Waals surface area contributed by atoms with Crippen LogP contribution in [0, 0.1) is 0 Å². The first-order chi connectivity index (χ1) is 12.1. The first-order valence-electron chi connectivity index (χ1n) is 7.96. The first-order valence-corrected chi connectivity index (χ1v) is 8.75. The minimum atomic E-state index is -0.409. The molecule has 0 unspecified atom stereocenters. The number of amides is 1. The van der Waals surface area contributed by atoms with Gasteiger partial charge in [0.15, 0.2) is 0 Å². The molecule has 0 saturated carbocycles. The normalized spacial score (nSPS) is 12.2. The number of carbonyl (C=O) groups is 1. The van der Waals surface area contributed by atoms with E-state index in [1.54, 1.807) is 6.21 Å². The SMILES string of the molecule is C[C@@H](Nc1cccc2ccccc12)C(=O)N/N=C\c1ccc(Br)cc1. The molecule has 0 fully saturated rings. The third-order valence-electron chi connectivity index (χ3n) is 3.81. The quantitative estimate of drug-likeness (QED) is 0.491. The molecule has 25 heavy (non-hydrogen) atoms. The number of hydrogen-bond donors (Lipinski definition) is 2. The summed E-state index contributed by atoms with van der Waals surface area (Å²) in [4.78, 5) is 12.2. The Labute approximate surface area is 155 Å². The molecule has 3 rings (SSSR count). The van der Waals surface area contributed by atoms with Gasteiger partial charge >= 0.3 is 0 Å². The van der Waals surface area contributed by atoms with Crippen LogP contribution in [0.1, 0.15) is 12.5 Å². The molecule has 3 aromatic rings. The number of hydrogen-bond acceptors (Lipinski definition) is 3. The van der Waals surface area contributed by atoms with Crippen LogP contribution in [-0.2, 0) is 4.79 Å². The van der Waals surface area contributed by atoms with E-state index in [2.05, 4.69) is 31.8 Å². The van der Waals surface area contributed by atoms with Crippen LogP contribution in [0.15, 0.2) is 76.3 Å². The van der Waals surface area contributed by atoms with E-state index >= 15 is 0 Å². The highest BCUT2D eigenvalue weighted by Crippen LogP contribution is 2.23. The molecule has 4 nitrogen and oxygen atoms in total. The van der Waals surface area contributed by atoms with Crippen LogP contribution >= 0.6 is 15.9 Å². The molecule has 126 valence electrons. The van der Waals surface area contributed by atoms with Gasteiger partial charge in [0.2, 0.25) is 0 Å². The van der Waals surface area contributed by atoms with Crippen molar-refractivity contribution in [1.82, 2.24) is 5.43 Å². The van der Waals surface area contributed by atoms with E-state index in [0.717, 1.165) is 26.5 Å². The fourth-order valence-corrected chi connectivity index (χ4v) is 2.73. The maximum absolute atomic E-state index is 12.2. The monoisotopic (exact) mass is 395 g/mol. The number of hydrazone groups is 1. The Hall–Kier alpha value is -2.66. The van der Waals surface area contributed by atoms with Crippen LogP contribution in [0.25, 0.3) is 10.8 Å². The van der Waals surface area contributed by atoms with Gasteiger partial charge in [0, 0.05) is 15.5 Å². The van der Waals surface area contributed by atoms with Crippen LogP contribution in [-0.4, -0.2) is 18.2 Å². The molecule has 0 aliphatic heterocycles. The summed E-state index contributed by atoms with van der Waals surface area (Å²) in [5.74, 6) is -0.193. The van der Waals surface area contributed by atoms with E-state index in [1.165, 1.54) is 0 Å². The van der Waals surface area contributed by atoms with Crippen molar-refractivity contribution in [2.24, 2.45) is 5.10 Å². The molecule has 0 radical (unpaired) electrons. The Balaban J connectivity index is 1.63. The summed E-state index contributed by atoms with van der Waals surface area (Å²) in [6.45, 7) is 1.81. The zero-order chi connectivity index (χ0) is 17.6. The van der Waals surface area contributed by atoms with Gasteiger partial charge in [-0.25, -0.2) is 5.43 Å². The Morgan fingerprint density at radius 3 is 2.56 bits per heavy atom. The minimum absolute atomic E-state index is 0.193. The van der Waals surface area contributed by atoms with Gasteiger partial charge in [-0.2, -0.15) is 5.10 Å². The van der Waals surface area contributed by atoms with Crippen molar-refractivity contribution in [2.75, 3.05) is 5.32 Å². The first kappa shape index (κ1) is 17.2. The highest BCUT2D eigenvalue weighted by Gasteiger charge is 2.12. The molecule has 1 atom stereocenters. The largest absolute Gasteiger partial charge is 0.373 e. The zero-order valence-electron chi connectivity index (χ0n) is 13.7. The lowest BCUT2D eigenvalue weighted by Gasteiger charge is -2.15. The van der Waals surface area contributed by atoms with Gasteiger partial charge < -0.3 is 5.32 Å². The van der Waals surface area contributed by atoms with E-state index in [4.69, 9.17) is 0 Å². The summed E-state index contributed by atoms with van der Waals surface area (Å²) in [6.07, 6.45) is 1.62. The Kier molecular flexibility index (Phi) is 5.46. The predicted octanol–water partition coefficient (Wildman–Crippen LogP) is 4.55. The van der Waals surface area contributed by atoms with Gasteiger partial charge in [0.25, 0.3) is 5.91 Å². The van der Waals surface area contributed by atoms with Crippen LogP contribution in [0.3, 0.4) is 0 Å². The number of halogens is 1. The van der Waals surface area contributed by atoms with Crippen molar-refractivity contribution < 1.29 is 4.79 Å². The number of nitrogens with zero attached hydrogens (tertiary/aromatic N) is 1. The van der Waals surface area contributed by atoms with Crippen molar-refractivity contribution in [1.29, 1.82) is 0 Å². The van der Waals surface area contributed by atoms with Gasteiger partial charge in [0.05, 0.1) is 6.21 Å². The number of rotatable bonds is 5. The highest BCUT2D eigenvalue weighted by atomic mass is 79.9. The van der Waals surface area contributed by atoms with Crippen molar-refractivity contribution in [3.05, 3.63) is 76.8 Å². The van der Waals surface area contributed by atoms with Gasteiger partial charge in [-0.1, -0.05) is 64.5 Å². The van der Waals surface area contributed by atoms with Crippen LogP contribution in [0.4, 0.5) is 5.69 Å². The molecule has 5 heteroatoms. The standard InChI is InChI=1S/C20H18BrN3O/c1-14(20(25)24-22-13-15-9-11-17(21)12-10-15)23-19-8-4-6-16-5-2-3-7-18(16)19/h2-14,23H,1H3,(H,24,25)/b22-13-/t14-/m1/s1. The molecule has 0 heterocycles. The van der Waals surface area contributed by atoms with E-state index in [0.29, 0.717) is 0 Å². The Bertz CT molecular complexity index is 901. The third-order valence-corrected chi connectivity index (χ3v) is 4.34. The summed E-state index contributed by atoms with van der Waals surface area (Å²) in [5.41, 5.74) is 4.41. The lowest BCUT2D eigenvalue weighted by Crippen LogP contribution is -2.34. The molecule has 0 aliphatic rings. The number of benzene rings is 3. The summed E-state index contributed by atoms with van der Waals surface area (Å²) >= 11 is 3.38. The van der Waals surface area contributed by atoms with Crippen LogP contribution in [0.2, 0.25) is 0 Å². The second-order valence-corrected chi connectivity index (χ2v) is 6.59. The molecule has 0 spiro atoms. The van der Waals surface area contributed by atoms with E-state index in [9.17, 15) is 4.79 Å². The maximum Gasteiger partial charge on any atom is 0.262 e. The van der Waals surface area contributed by atoms with Gasteiger partial charge in [-0.3, -0.25) is 4.79 Å². The lowest BCUT2D eigenvalue weighted by molar-refractivity contribution is -0.121. The van der Waals surface area contributed by atoms with Crippen molar-refractivity contribution in [2.45, 2.75) is 13.0 Å².